The number of nitrogens with zero attached hydrogens (tertiary/aromatic N) is 3. The standard InChI is InChI=1S/C21H20ClF3N4O4/c22-16-6-4-13(5-7-16)9-28-18(26-17-3-1-2-15(8-17)21(23,24)25)27-19(32)29(20(28)33)10-14(11-30)12-31/h1-8,14,30-31H,9-12H2,(H,26,27,32). The number of halogens is 4. The molecule has 12 heteroatoms. The topological polar surface area (TPSA) is 109 Å². The highest BCUT2D eigenvalue weighted by Gasteiger charge is 2.30. The van der Waals surface area contributed by atoms with Crippen LogP contribution >= 0.6 is 11.6 Å². The van der Waals surface area contributed by atoms with Crippen LogP contribution in [-0.4, -0.2) is 37.5 Å². The summed E-state index contributed by atoms with van der Waals surface area (Å²) in [6, 6.07) is 10.7. The fourth-order valence-corrected chi connectivity index (χ4v) is 3.16. The Bertz CT molecular complexity index is 1220. The highest BCUT2D eigenvalue weighted by atomic mass is 35.5. The number of aliphatic hydroxyl groups excluding tert-OH is 2. The lowest BCUT2D eigenvalue weighted by molar-refractivity contribution is -0.137. The lowest BCUT2D eigenvalue weighted by atomic mass is 10.2. The van der Waals surface area contributed by atoms with Crippen molar-refractivity contribution in [2.24, 2.45) is 5.92 Å². The summed E-state index contributed by atoms with van der Waals surface area (Å²) in [5.74, 6) is -1.04. The summed E-state index contributed by atoms with van der Waals surface area (Å²) < 4.78 is 41.1. The van der Waals surface area contributed by atoms with E-state index in [0.29, 0.717) is 10.6 Å². The van der Waals surface area contributed by atoms with Crippen molar-refractivity contribution in [2.45, 2.75) is 19.3 Å². The smallest absolute Gasteiger partial charge is 0.396 e. The maximum absolute atomic E-state index is 13.1. The number of benzene rings is 2. The molecule has 3 rings (SSSR count). The summed E-state index contributed by atoms with van der Waals surface area (Å²) in [6.07, 6.45) is -4.58. The molecule has 0 radical (unpaired) electrons. The molecule has 0 spiro atoms. The Hall–Kier alpha value is -3.15. The molecule has 33 heavy (non-hydrogen) atoms. The predicted molar refractivity (Wildman–Crippen MR) is 116 cm³/mol. The number of aromatic nitrogens is 3. The first-order chi connectivity index (χ1) is 15.6. The molecular weight excluding hydrogens is 465 g/mol. The first-order valence-corrected chi connectivity index (χ1v) is 10.1. The normalized spacial score (nSPS) is 11.7. The molecule has 0 saturated carbocycles. The van der Waals surface area contributed by atoms with Crippen LogP contribution in [-0.2, 0) is 19.3 Å². The largest absolute Gasteiger partial charge is 0.416 e. The van der Waals surface area contributed by atoms with E-state index in [1.807, 2.05) is 0 Å². The Labute approximate surface area is 190 Å². The van der Waals surface area contributed by atoms with E-state index in [1.54, 1.807) is 24.3 Å². The zero-order valence-corrected chi connectivity index (χ0v) is 17.8. The molecule has 8 nitrogen and oxygen atoms in total. The molecule has 1 heterocycles. The quantitative estimate of drug-likeness (QED) is 0.453. The van der Waals surface area contributed by atoms with Gasteiger partial charge in [-0.1, -0.05) is 29.8 Å². The van der Waals surface area contributed by atoms with Crippen molar-refractivity contribution in [3.05, 3.63) is 85.6 Å². The van der Waals surface area contributed by atoms with Gasteiger partial charge in [-0.3, -0.25) is 4.57 Å². The molecule has 3 N–H and O–H groups in total. The van der Waals surface area contributed by atoms with E-state index in [9.17, 15) is 33.0 Å². The molecule has 0 atom stereocenters. The van der Waals surface area contributed by atoms with E-state index in [-0.39, 0.29) is 24.7 Å². The van der Waals surface area contributed by atoms with E-state index in [4.69, 9.17) is 11.6 Å². The van der Waals surface area contributed by atoms with E-state index < -0.39 is 42.3 Å². The molecule has 0 unspecified atom stereocenters. The summed E-state index contributed by atoms with van der Waals surface area (Å²) in [7, 11) is 0. The van der Waals surface area contributed by atoms with E-state index >= 15 is 0 Å². The van der Waals surface area contributed by atoms with Gasteiger partial charge in [-0.25, -0.2) is 14.2 Å². The fourth-order valence-electron chi connectivity index (χ4n) is 3.03. The lowest BCUT2D eigenvalue weighted by Crippen LogP contribution is -2.44. The third kappa shape index (κ3) is 6.01. The van der Waals surface area contributed by atoms with Crippen LogP contribution in [0.15, 0.2) is 58.1 Å². The van der Waals surface area contributed by atoms with Crippen molar-refractivity contribution in [3.63, 3.8) is 0 Å². The van der Waals surface area contributed by atoms with Gasteiger partial charge in [-0.15, -0.1) is 0 Å². The third-order valence-corrected chi connectivity index (χ3v) is 5.06. The van der Waals surface area contributed by atoms with Crippen molar-refractivity contribution in [3.8, 4) is 0 Å². The number of hydrogen-bond acceptors (Lipinski definition) is 6. The van der Waals surface area contributed by atoms with Gasteiger partial charge in [0.1, 0.15) is 0 Å². The maximum atomic E-state index is 13.1. The van der Waals surface area contributed by atoms with Crippen LogP contribution in [0.2, 0.25) is 5.02 Å². The van der Waals surface area contributed by atoms with E-state index in [2.05, 4.69) is 10.3 Å². The van der Waals surface area contributed by atoms with Gasteiger partial charge < -0.3 is 15.5 Å². The zero-order chi connectivity index (χ0) is 24.2. The summed E-state index contributed by atoms with van der Waals surface area (Å²) in [5, 5.41) is 21.7. The summed E-state index contributed by atoms with van der Waals surface area (Å²) in [6.45, 7) is -1.30. The second-order valence-electron chi connectivity index (χ2n) is 7.26. The zero-order valence-electron chi connectivity index (χ0n) is 17.1. The number of rotatable bonds is 8. The van der Waals surface area contributed by atoms with Crippen LogP contribution in [0.25, 0.3) is 0 Å². The molecule has 2 aromatic carbocycles. The lowest BCUT2D eigenvalue weighted by Gasteiger charge is -2.18. The number of hydrogen-bond donors (Lipinski definition) is 3. The fraction of sp³-hybridized carbons (Fsp3) is 0.286. The van der Waals surface area contributed by atoms with Crippen LogP contribution < -0.4 is 16.7 Å². The molecular formula is C21H20ClF3N4O4. The minimum atomic E-state index is -4.58. The summed E-state index contributed by atoms with van der Waals surface area (Å²) >= 11 is 5.89. The van der Waals surface area contributed by atoms with Gasteiger partial charge in [0.25, 0.3) is 0 Å². The van der Waals surface area contributed by atoms with Crippen LogP contribution in [0.1, 0.15) is 11.1 Å². The Morgan fingerprint density at radius 3 is 2.30 bits per heavy atom. The Kier molecular flexibility index (Phi) is 7.57. The molecule has 0 bridgehead atoms. The maximum Gasteiger partial charge on any atom is 0.416 e. The second-order valence-corrected chi connectivity index (χ2v) is 7.69. The first kappa shape index (κ1) is 24.5. The van der Waals surface area contributed by atoms with Crippen molar-refractivity contribution in [1.82, 2.24) is 14.1 Å². The molecule has 0 fully saturated rings. The number of aliphatic hydroxyl groups is 2. The molecule has 0 aliphatic heterocycles. The summed E-state index contributed by atoms with van der Waals surface area (Å²) in [4.78, 5) is 29.5. The van der Waals surface area contributed by atoms with Crippen LogP contribution in [0.5, 0.6) is 0 Å². The molecule has 1 aromatic heterocycles. The highest BCUT2D eigenvalue weighted by molar-refractivity contribution is 6.30. The molecule has 0 aliphatic carbocycles. The van der Waals surface area contributed by atoms with Crippen LogP contribution in [0.3, 0.4) is 0 Å². The highest BCUT2D eigenvalue weighted by Crippen LogP contribution is 2.31. The monoisotopic (exact) mass is 484 g/mol. The van der Waals surface area contributed by atoms with Gasteiger partial charge in [0, 0.05) is 36.4 Å². The van der Waals surface area contributed by atoms with Crippen molar-refractivity contribution in [1.29, 1.82) is 0 Å². The van der Waals surface area contributed by atoms with E-state index in [1.165, 1.54) is 12.1 Å². The Balaban J connectivity index is 2.09. The van der Waals surface area contributed by atoms with Gasteiger partial charge in [0.15, 0.2) is 0 Å². The van der Waals surface area contributed by atoms with Crippen molar-refractivity contribution in [2.75, 3.05) is 18.5 Å². The van der Waals surface area contributed by atoms with Crippen LogP contribution in [0, 0.1) is 5.92 Å². The number of nitrogens with one attached hydrogen (secondary N) is 1. The Morgan fingerprint density at radius 2 is 1.70 bits per heavy atom. The van der Waals surface area contributed by atoms with Gasteiger partial charge in [0.05, 0.1) is 12.1 Å². The average molecular weight is 485 g/mol. The molecule has 0 saturated heterocycles. The van der Waals surface area contributed by atoms with Gasteiger partial charge in [-0.2, -0.15) is 18.2 Å². The third-order valence-electron chi connectivity index (χ3n) is 4.81. The predicted octanol–water partition coefficient (Wildman–Crippen LogP) is 2.47. The Morgan fingerprint density at radius 1 is 1.03 bits per heavy atom. The first-order valence-electron chi connectivity index (χ1n) is 9.74. The minimum Gasteiger partial charge on any atom is -0.396 e. The van der Waals surface area contributed by atoms with E-state index in [0.717, 1.165) is 21.3 Å². The van der Waals surface area contributed by atoms with Gasteiger partial charge in [0.2, 0.25) is 5.95 Å². The van der Waals surface area contributed by atoms with Gasteiger partial charge in [-0.05, 0) is 35.9 Å². The summed E-state index contributed by atoms with van der Waals surface area (Å²) in [5.41, 5.74) is -2.12. The van der Waals surface area contributed by atoms with Crippen LogP contribution in [0.4, 0.5) is 24.8 Å². The van der Waals surface area contributed by atoms with Crippen molar-refractivity contribution >= 4 is 23.2 Å². The molecule has 0 aliphatic rings. The number of anilines is 2. The van der Waals surface area contributed by atoms with Gasteiger partial charge >= 0.3 is 17.6 Å². The SMILES string of the molecule is O=c1nc(Nc2cccc(C(F)(F)F)c2)n(Cc2ccc(Cl)cc2)c(=O)n1CC(CO)CO. The average Bonchev–Trinajstić information content (AvgIpc) is 2.77. The minimum absolute atomic E-state index is 0.0256. The molecule has 176 valence electrons. The second kappa shape index (κ2) is 10.2. The number of alkyl halides is 3. The molecule has 0 amide bonds. The molecule has 3 aromatic rings. The van der Waals surface area contributed by atoms with Crippen molar-refractivity contribution < 1.29 is 23.4 Å².